The molecule has 1 N–H and O–H groups in total. The highest BCUT2D eigenvalue weighted by Gasteiger charge is 2.27. The predicted octanol–water partition coefficient (Wildman–Crippen LogP) is 6.47. The van der Waals surface area contributed by atoms with Crippen molar-refractivity contribution in [2.75, 3.05) is 0 Å². The summed E-state index contributed by atoms with van der Waals surface area (Å²) in [5, 5.41) is 6.98. The van der Waals surface area contributed by atoms with E-state index in [9.17, 15) is 0 Å². The van der Waals surface area contributed by atoms with Crippen LogP contribution in [0.3, 0.4) is 0 Å². The Morgan fingerprint density at radius 1 is 0.943 bits per heavy atom. The van der Waals surface area contributed by atoms with Gasteiger partial charge in [0.25, 0.3) is 0 Å². The summed E-state index contributed by atoms with van der Waals surface area (Å²) in [6.45, 7) is 2.12. The zero-order valence-corrected chi connectivity index (χ0v) is 20.1. The van der Waals surface area contributed by atoms with Gasteiger partial charge in [-0.05, 0) is 54.9 Å². The first-order chi connectivity index (χ1) is 17.2. The number of fused-ring (bicyclic) bond motifs is 1. The third-order valence-corrected chi connectivity index (χ3v) is 7.08. The molecule has 1 fully saturated rings. The van der Waals surface area contributed by atoms with E-state index >= 15 is 0 Å². The maximum atomic E-state index is 6.63. The van der Waals surface area contributed by atoms with E-state index < -0.39 is 0 Å². The molecule has 0 spiro atoms. The van der Waals surface area contributed by atoms with Crippen LogP contribution in [0.2, 0.25) is 0 Å². The summed E-state index contributed by atoms with van der Waals surface area (Å²) < 4.78 is 6.63. The number of rotatable bonds is 6. The van der Waals surface area contributed by atoms with Crippen molar-refractivity contribution in [1.29, 1.82) is 0 Å². The standard InChI is InChI=1S/C30H30N4O/c1-20-10-12-22(13-11-20)26-14-15-27-29(26)30(35-25-8-3-2-4-9-25)34-28(33-27)17-21-6-5-7-23(16-21)24-18-31-32-19-24/h5-7,10-14,16,18-19,25H,2-4,8-9,15,17H2,1H3,(H,31,32). The number of nitrogens with zero attached hydrogens (tertiary/aromatic N) is 3. The average molecular weight is 463 g/mol. The molecule has 0 unspecified atom stereocenters. The lowest BCUT2D eigenvalue weighted by molar-refractivity contribution is 0.147. The molecule has 1 saturated carbocycles. The minimum absolute atomic E-state index is 0.236. The van der Waals surface area contributed by atoms with Crippen LogP contribution in [0, 0.1) is 6.92 Å². The van der Waals surface area contributed by atoms with Crippen molar-refractivity contribution in [3.8, 4) is 17.0 Å². The van der Waals surface area contributed by atoms with Crippen LogP contribution in [0.15, 0.2) is 67.0 Å². The van der Waals surface area contributed by atoms with Crippen LogP contribution in [0.25, 0.3) is 16.7 Å². The van der Waals surface area contributed by atoms with Gasteiger partial charge >= 0.3 is 0 Å². The lowest BCUT2D eigenvalue weighted by Crippen LogP contribution is -2.21. The first kappa shape index (κ1) is 21.8. The van der Waals surface area contributed by atoms with E-state index in [-0.39, 0.29) is 6.10 Å². The number of aryl methyl sites for hydroxylation is 1. The molecule has 35 heavy (non-hydrogen) atoms. The largest absolute Gasteiger partial charge is 0.474 e. The third-order valence-electron chi connectivity index (χ3n) is 7.08. The van der Waals surface area contributed by atoms with E-state index in [4.69, 9.17) is 14.7 Å². The summed E-state index contributed by atoms with van der Waals surface area (Å²) in [4.78, 5) is 10.1. The first-order valence-electron chi connectivity index (χ1n) is 12.6. The van der Waals surface area contributed by atoms with Crippen molar-refractivity contribution in [1.82, 2.24) is 20.2 Å². The van der Waals surface area contributed by atoms with E-state index in [2.05, 4.69) is 71.7 Å². The van der Waals surface area contributed by atoms with Crippen LogP contribution in [0.4, 0.5) is 0 Å². The minimum Gasteiger partial charge on any atom is -0.474 e. The van der Waals surface area contributed by atoms with Gasteiger partial charge in [-0.25, -0.2) is 4.98 Å². The van der Waals surface area contributed by atoms with Crippen molar-refractivity contribution in [3.63, 3.8) is 0 Å². The maximum Gasteiger partial charge on any atom is 0.225 e. The number of allylic oxidation sites excluding steroid dienone is 1. The molecule has 5 nitrogen and oxygen atoms in total. The number of aromatic amines is 1. The molecular formula is C30H30N4O. The maximum absolute atomic E-state index is 6.63. The molecule has 4 aromatic rings. The molecule has 0 radical (unpaired) electrons. The van der Waals surface area contributed by atoms with Gasteiger partial charge in [-0.2, -0.15) is 10.1 Å². The second kappa shape index (κ2) is 9.49. The number of H-pyrrole nitrogens is 1. The lowest BCUT2D eigenvalue weighted by Gasteiger charge is -2.24. The summed E-state index contributed by atoms with van der Waals surface area (Å²) in [7, 11) is 0. The molecule has 0 aliphatic heterocycles. The fourth-order valence-electron chi connectivity index (χ4n) is 5.21. The third kappa shape index (κ3) is 4.63. The Balaban J connectivity index is 1.35. The second-order valence-electron chi connectivity index (χ2n) is 9.70. The van der Waals surface area contributed by atoms with Crippen molar-refractivity contribution in [2.24, 2.45) is 0 Å². The van der Waals surface area contributed by atoms with Crippen molar-refractivity contribution in [2.45, 2.75) is 58.0 Å². The molecule has 176 valence electrons. The summed E-state index contributed by atoms with van der Waals surface area (Å²) in [6.07, 6.45) is 13.7. The van der Waals surface area contributed by atoms with Crippen molar-refractivity contribution < 1.29 is 4.74 Å². The van der Waals surface area contributed by atoms with Gasteiger partial charge in [0, 0.05) is 24.6 Å². The molecule has 6 rings (SSSR count). The van der Waals surface area contributed by atoms with Crippen LogP contribution >= 0.6 is 0 Å². The molecule has 2 aromatic heterocycles. The van der Waals surface area contributed by atoms with Crippen LogP contribution in [0.5, 0.6) is 5.88 Å². The van der Waals surface area contributed by atoms with E-state index in [1.165, 1.54) is 41.5 Å². The quantitative estimate of drug-likeness (QED) is 0.357. The predicted molar refractivity (Wildman–Crippen MR) is 138 cm³/mol. The summed E-state index contributed by atoms with van der Waals surface area (Å²) in [5.74, 6) is 1.57. The molecular weight excluding hydrogens is 432 g/mol. The topological polar surface area (TPSA) is 63.7 Å². The summed E-state index contributed by atoms with van der Waals surface area (Å²) in [6, 6.07) is 17.2. The van der Waals surface area contributed by atoms with Gasteiger partial charge in [-0.1, -0.05) is 66.6 Å². The summed E-state index contributed by atoms with van der Waals surface area (Å²) in [5.41, 5.74) is 9.20. The first-order valence-corrected chi connectivity index (χ1v) is 12.6. The lowest BCUT2D eigenvalue weighted by atomic mass is 9.97. The van der Waals surface area contributed by atoms with Crippen LogP contribution in [0.1, 0.15) is 65.9 Å². The van der Waals surface area contributed by atoms with Crippen LogP contribution in [-0.4, -0.2) is 26.3 Å². The number of nitrogens with one attached hydrogen (secondary N) is 1. The van der Waals surface area contributed by atoms with Gasteiger partial charge in [-0.3, -0.25) is 5.10 Å². The molecule has 5 heteroatoms. The van der Waals surface area contributed by atoms with Gasteiger partial charge in [0.15, 0.2) is 0 Å². The van der Waals surface area contributed by atoms with Gasteiger partial charge in [-0.15, -0.1) is 0 Å². The number of aromatic nitrogens is 4. The Hall–Kier alpha value is -3.73. The second-order valence-corrected chi connectivity index (χ2v) is 9.70. The van der Waals surface area contributed by atoms with Gasteiger partial charge < -0.3 is 4.74 Å². The van der Waals surface area contributed by atoms with Crippen molar-refractivity contribution >= 4 is 5.57 Å². The molecule has 2 aliphatic rings. The fraction of sp³-hybridized carbons (Fsp3) is 0.300. The highest BCUT2D eigenvalue weighted by atomic mass is 16.5. The van der Waals surface area contributed by atoms with E-state index in [1.807, 2.05) is 12.4 Å². The smallest absolute Gasteiger partial charge is 0.225 e. The Labute approximate surface area is 206 Å². The molecule has 0 amide bonds. The molecule has 2 heterocycles. The number of benzene rings is 2. The molecule has 2 aromatic carbocycles. The van der Waals surface area contributed by atoms with Crippen LogP contribution in [-0.2, 0) is 12.8 Å². The van der Waals surface area contributed by atoms with E-state index in [0.717, 1.165) is 53.4 Å². The normalized spacial score (nSPS) is 15.6. The van der Waals surface area contributed by atoms with E-state index in [1.54, 1.807) is 0 Å². The zero-order valence-electron chi connectivity index (χ0n) is 20.1. The molecule has 0 bridgehead atoms. The minimum atomic E-state index is 0.236. The Morgan fingerprint density at radius 3 is 2.60 bits per heavy atom. The molecule has 0 saturated heterocycles. The monoisotopic (exact) mass is 462 g/mol. The van der Waals surface area contributed by atoms with Crippen LogP contribution < -0.4 is 4.74 Å². The fourth-order valence-corrected chi connectivity index (χ4v) is 5.21. The summed E-state index contributed by atoms with van der Waals surface area (Å²) >= 11 is 0. The Kier molecular flexibility index (Phi) is 5.91. The highest BCUT2D eigenvalue weighted by Crippen LogP contribution is 2.39. The number of hydrogen-bond donors (Lipinski definition) is 1. The Morgan fingerprint density at radius 2 is 1.80 bits per heavy atom. The van der Waals surface area contributed by atoms with Crippen molar-refractivity contribution in [3.05, 3.63) is 101 Å². The Bertz CT molecular complexity index is 1350. The highest BCUT2D eigenvalue weighted by molar-refractivity contribution is 5.86. The molecule has 0 atom stereocenters. The molecule has 2 aliphatic carbocycles. The van der Waals surface area contributed by atoms with Gasteiger partial charge in [0.05, 0.1) is 17.5 Å². The number of hydrogen-bond acceptors (Lipinski definition) is 4. The number of ether oxygens (including phenoxy) is 1. The SMILES string of the molecule is Cc1ccc(C2=CCc3nc(Cc4cccc(-c5cn[nH]c5)c4)nc(OC4CCCCC4)c32)cc1. The zero-order chi connectivity index (χ0) is 23.6. The van der Waals surface area contributed by atoms with E-state index in [0.29, 0.717) is 6.42 Å². The van der Waals surface area contributed by atoms with Gasteiger partial charge in [0.1, 0.15) is 11.9 Å². The van der Waals surface area contributed by atoms with Gasteiger partial charge in [0.2, 0.25) is 5.88 Å². The average Bonchev–Trinajstić information content (AvgIpc) is 3.56.